The maximum absolute atomic E-state index is 12.4. The predicted octanol–water partition coefficient (Wildman–Crippen LogP) is 3.02. The molecule has 2 rings (SSSR count). The van der Waals surface area contributed by atoms with Gasteiger partial charge in [-0.2, -0.15) is 0 Å². The van der Waals surface area contributed by atoms with E-state index in [-0.39, 0.29) is 36.3 Å². The van der Waals surface area contributed by atoms with Crippen LogP contribution in [0.15, 0.2) is 18.3 Å². The maximum Gasteiger partial charge on any atom is 0.253 e. The Labute approximate surface area is 157 Å². The number of nitrogens with zero attached hydrogens (tertiary/aromatic N) is 2. The molecule has 0 aliphatic carbocycles. The van der Waals surface area contributed by atoms with Gasteiger partial charge >= 0.3 is 0 Å². The first-order chi connectivity index (χ1) is 10.4. The Kier molecular flexibility index (Phi) is 9.63. The highest BCUT2D eigenvalue weighted by Gasteiger charge is 2.26. The summed E-state index contributed by atoms with van der Waals surface area (Å²) in [4.78, 5) is 19.1. The summed E-state index contributed by atoms with van der Waals surface area (Å²) in [6.07, 6.45) is 4.95. The van der Waals surface area contributed by atoms with Crippen molar-refractivity contribution in [1.82, 2.24) is 10.3 Å². The van der Waals surface area contributed by atoms with E-state index in [0.29, 0.717) is 18.0 Å². The average molecular weight is 377 g/mol. The summed E-state index contributed by atoms with van der Waals surface area (Å²) < 4.78 is 0. The lowest BCUT2D eigenvalue weighted by atomic mass is 9.90. The van der Waals surface area contributed by atoms with E-state index in [1.807, 2.05) is 19.1 Å². The van der Waals surface area contributed by atoms with Crippen molar-refractivity contribution in [3.05, 3.63) is 23.9 Å². The van der Waals surface area contributed by atoms with Crippen LogP contribution in [0.1, 0.15) is 50.4 Å². The van der Waals surface area contributed by atoms with E-state index < -0.39 is 0 Å². The molecule has 24 heavy (non-hydrogen) atoms. The summed E-state index contributed by atoms with van der Waals surface area (Å²) in [5.41, 5.74) is 6.06. The molecule has 3 N–H and O–H groups in total. The monoisotopic (exact) mass is 376 g/mol. The third-order valence-electron chi connectivity index (χ3n) is 4.16. The Balaban J connectivity index is 0.00000264. The van der Waals surface area contributed by atoms with E-state index in [1.165, 1.54) is 12.8 Å². The predicted molar refractivity (Wildman–Crippen MR) is 105 cm³/mol. The number of hydrogen-bond donors (Lipinski definition) is 2. The second-order valence-electron chi connectivity index (χ2n) is 6.92. The minimum absolute atomic E-state index is 0. The van der Waals surface area contributed by atoms with Crippen LogP contribution in [0, 0.1) is 5.92 Å². The molecule has 7 heteroatoms. The minimum atomic E-state index is -0.376. The molecule has 1 atom stereocenters. The zero-order valence-corrected chi connectivity index (χ0v) is 16.4. The molecule has 0 spiro atoms. The SMILES string of the molecule is CC(C)CC(C)(CN)NC(=O)c1ccc(N2CCCC2)nc1.Cl.Cl. The lowest BCUT2D eigenvalue weighted by molar-refractivity contribution is 0.0898. The number of hydrogen-bond acceptors (Lipinski definition) is 4. The van der Waals surface area contributed by atoms with Crippen LogP contribution < -0.4 is 16.0 Å². The van der Waals surface area contributed by atoms with E-state index in [1.54, 1.807) is 6.20 Å². The van der Waals surface area contributed by atoms with Crippen LogP contribution >= 0.6 is 24.8 Å². The molecule has 0 aromatic carbocycles. The number of pyridine rings is 1. The number of carbonyl (C=O) groups excluding carboxylic acids is 1. The fraction of sp³-hybridized carbons (Fsp3) is 0.647. The van der Waals surface area contributed by atoms with Gasteiger partial charge in [-0.15, -0.1) is 24.8 Å². The number of aromatic nitrogens is 1. The first kappa shape index (κ1) is 23.0. The van der Waals surface area contributed by atoms with E-state index in [2.05, 4.69) is 29.0 Å². The number of carbonyl (C=O) groups is 1. The standard InChI is InChI=1S/C17H28N4O.2ClH/c1-13(2)10-17(3,12-18)20-16(22)14-6-7-15(19-11-14)21-8-4-5-9-21;;/h6-7,11,13H,4-5,8-10,12,18H2,1-3H3,(H,20,22);2*1H. The van der Waals surface area contributed by atoms with E-state index in [9.17, 15) is 4.79 Å². The van der Waals surface area contributed by atoms with Crippen molar-refractivity contribution in [3.63, 3.8) is 0 Å². The van der Waals surface area contributed by atoms with Crippen molar-refractivity contribution in [3.8, 4) is 0 Å². The van der Waals surface area contributed by atoms with Crippen LogP contribution in [-0.4, -0.2) is 36.1 Å². The van der Waals surface area contributed by atoms with Crippen LogP contribution in [0.3, 0.4) is 0 Å². The normalized spacial score (nSPS) is 16.1. The Morgan fingerprint density at radius 2 is 1.96 bits per heavy atom. The Bertz CT molecular complexity index is 504. The molecule has 1 amide bonds. The summed E-state index contributed by atoms with van der Waals surface area (Å²) in [7, 11) is 0. The highest BCUT2D eigenvalue weighted by atomic mass is 35.5. The van der Waals surface area contributed by atoms with Crippen molar-refractivity contribution >= 4 is 36.5 Å². The summed E-state index contributed by atoms with van der Waals surface area (Å²) >= 11 is 0. The van der Waals surface area contributed by atoms with E-state index >= 15 is 0 Å². The molecule has 0 saturated carbocycles. The lowest BCUT2D eigenvalue weighted by Crippen LogP contribution is -2.52. The zero-order chi connectivity index (χ0) is 16.2. The molecule has 1 fully saturated rings. The number of anilines is 1. The van der Waals surface area contributed by atoms with E-state index in [4.69, 9.17) is 5.73 Å². The smallest absolute Gasteiger partial charge is 0.253 e. The topological polar surface area (TPSA) is 71.2 Å². The fourth-order valence-corrected chi connectivity index (χ4v) is 3.09. The largest absolute Gasteiger partial charge is 0.357 e. The summed E-state index contributed by atoms with van der Waals surface area (Å²) in [6.45, 7) is 8.79. The Morgan fingerprint density at radius 1 is 1.33 bits per heavy atom. The molecular formula is C17H30Cl2N4O. The van der Waals surface area contributed by atoms with Crippen molar-refractivity contribution < 1.29 is 4.79 Å². The van der Waals surface area contributed by atoms with Crippen LogP contribution in [0.4, 0.5) is 5.82 Å². The van der Waals surface area contributed by atoms with Crippen molar-refractivity contribution in [2.24, 2.45) is 11.7 Å². The van der Waals surface area contributed by atoms with Gasteiger partial charge in [-0.1, -0.05) is 13.8 Å². The van der Waals surface area contributed by atoms with E-state index in [0.717, 1.165) is 25.3 Å². The van der Waals surface area contributed by atoms with Gasteiger partial charge < -0.3 is 16.0 Å². The van der Waals surface area contributed by atoms with Crippen LogP contribution in [0.25, 0.3) is 0 Å². The summed E-state index contributed by atoms with van der Waals surface area (Å²) in [5.74, 6) is 1.33. The van der Waals surface area contributed by atoms with Crippen molar-refractivity contribution in [2.75, 3.05) is 24.5 Å². The molecule has 1 aliphatic rings. The number of nitrogens with one attached hydrogen (secondary N) is 1. The van der Waals surface area contributed by atoms with Crippen LogP contribution in [0.2, 0.25) is 0 Å². The third-order valence-corrected chi connectivity index (χ3v) is 4.16. The number of nitrogens with two attached hydrogens (primary N) is 1. The van der Waals surface area contributed by atoms with Crippen molar-refractivity contribution in [1.29, 1.82) is 0 Å². The molecule has 1 aromatic rings. The Morgan fingerprint density at radius 3 is 2.42 bits per heavy atom. The summed E-state index contributed by atoms with van der Waals surface area (Å²) in [5, 5.41) is 3.06. The Hall–Kier alpha value is -1.04. The first-order valence-corrected chi connectivity index (χ1v) is 8.17. The van der Waals surface area contributed by atoms with Gasteiger partial charge in [0.05, 0.1) is 5.56 Å². The van der Waals surface area contributed by atoms with Gasteiger partial charge in [0.15, 0.2) is 0 Å². The molecule has 1 unspecified atom stereocenters. The van der Waals surface area contributed by atoms with Gasteiger partial charge in [0.1, 0.15) is 5.82 Å². The molecule has 0 radical (unpaired) electrons. The molecule has 0 bridgehead atoms. The molecule has 1 aromatic heterocycles. The zero-order valence-electron chi connectivity index (χ0n) is 14.7. The molecular weight excluding hydrogens is 347 g/mol. The quantitative estimate of drug-likeness (QED) is 0.800. The minimum Gasteiger partial charge on any atom is -0.357 e. The molecule has 2 heterocycles. The second-order valence-corrected chi connectivity index (χ2v) is 6.92. The number of amides is 1. The third kappa shape index (κ3) is 6.11. The van der Waals surface area contributed by atoms with Gasteiger partial charge in [0.25, 0.3) is 5.91 Å². The van der Waals surface area contributed by atoms with Gasteiger partial charge in [-0.25, -0.2) is 4.98 Å². The second kappa shape index (κ2) is 10.1. The first-order valence-electron chi connectivity index (χ1n) is 8.17. The van der Waals surface area contributed by atoms with Crippen LogP contribution in [0.5, 0.6) is 0 Å². The summed E-state index contributed by atoms with van der Waals surface area (Å²) in [6, 6.07) is 3.78. The lowest BCUT2D eigenvalue weighted by Gasteiger charge is -2.31. The van der Waals surface area contributed by atoms with Gasteiger partial charge in [0.2, 0.25) is 0 Å². The molecule has 1 saturated heterocycles. The highest BCUT2D eigenvalue weighted by molar-refractivity contribution is 5.94. The van der Waals surface area contributed by atoms with Gasteiger partial charge in [0, 0.05) is 31.4 Å². The van der Waals surface area contributed by atoms with Crippen LogP contribution in [-0.2, 0) is 0 Å². The van der Waals surface area contributed by atoms with Gasteiger partial charge in [-0.3, -0.25) is 4.79 Å². The maximum atomic E-state index is 12.4. The molecule has 1 aliphatic heterocycles. The fourth-order valence-electron chi connectivity index (χ4n) is 3.09. The molecule has 5 nitrogen and oxygen atoms in total. The van der Waals surface area contributed by atoms with Gasteiger partial charge in [-0.05, 0) is 44.2 Å². The number of rotatable bonds is 6. The highest BCUT2D eigenvalue weighted by Crippen LogP contribution is 2.19. The molecule has 138 valence electrons. The average Bonchev–Trinajstić information content (AvgIpc) is 3.00. The van der Waals surface area contributed by atoms with Crippen molar-refractivity contribution in [2.45, 2.75) is 45.6 Å². The number of halogens is 2.